The minimum absolute atomic E-state index is 0.360. The van der Waals surface area contributed by atoms with E-state index in [2.05, 4.69) is 10.6 Å². The number of benzene rings is 1. The number of hydrogen-bond donors (Lipinski definition) is 3. The van der Waals surface area contributed by atoms with Gasteiger partial charge in [0.05, 0.1) is 12.8 Å². The topological polar surface area (TPSA) is 97.4 Å². The van der Waals surface area contributed by atoms with Gasteiger partial charge in [0.25, 0.3) is 0 Å². The fourth-order valence-corrected chi connectivity index (χ4v) is 1.82. The Balaban J connectivity index is 2.11. The molecular weight excluding hydrogens is 258 g/mol. The Bertz CT molecular complexity index is 567. The van der Waals surface area contributed by atoms with Crippen LogP contribution in [0.15, 0.2) is 53.1 Å². The summed E-state index contributed by atoms with van der Waals surface area (Å²) in [6.07, 6.45) is 1.55. The fourth-order valence-electron chi connectivity index (χ4n) is 1.82. The molecule has 0 saturated heterocycles. The molecule has 1 heterocycles. The molecule has 1 atom stereocenters. The molecule has 2 rings (SSSR count). The molecule has 6 heteroatoms. The number of rotatable bonds is 5. The first-order chi connectivity index (χ1) is 9.66. The van der Waals surface area contributed by atoms with Crippen molar-refractivity contribution >= 4 is 11.9 Å². The lowest BCUT2D eigenvalue weighted by Gasteiger charge is -2.17. The number of imide groups is 1. The largest absolute Gasteiger partial charge is 0.468 e. The van der Waals surface area contributed by atoms with Gasteiger partial charge in [-0.05, 0) is 17.7 Å². The maximum atomic E-state index is 12.0. The van der Waals surface area contributed by atoms with E-state index in [-0.39, 0.29) is 0 Å². The van der Waals surface area contributed by atoms with Crippen LogP contribution >= 0.6 is 0 Å². The third-order valence-corrected chi connectivity index (χ3v) is 2.70. The van der Waals surface area contributed by atoms with Gasteiger partial charge < -0.3 is 10.2 Å². The predicted octanol–water partition coefficient (Wildman–Crippen LogP) is 1.31. The molecule has 4 N–H and O–H groups in total. The Morgan fingerprint density at radius 1 is 1.15 bits per heavy atom. The lowest BCUT2D eigenvalue weighted by atomic mass is 10.1. The van der Waals surface area contributed by atoms with Crippen LogP contribution in [0.25, 0.3) is 0 Å². The predicted molar refractivity (Wildman–Crippen MR) is 72.5 cm³/mol. The maximum Gasteiger partial charge on any atom is 0.318 e. The van der Waals surface area contributed by atoms with Crippen molar-refractivity contribution in [2.24, 2.45) is 5.73 Å². The van der Waals surface area contributed by atoms with E-state index in [0.717, 1.165) is 5.56 Å². The molecule has 0 unspecified atom stereocenters. The second-order valence-electron chi connectivity index (χ2n) is 4.16. The molecule has 0 radical (unpaired) electrons. The summed E-state index contributed by atoms with van der Waals surface area (Å²) in [5.74, 6) is 0.188. The number of carbonyl (C=O) groups excluding carboxylic acids is 2. The standard InChI is InChI=1S/C14H15N3O3/c15-14(19)17-13(18)12(10-5-2-1-3-6-10)16-9-11-7-4-8-20-11/h1-8,12,16H,9H2,(H3,15,17,18,19)/t12-/m1/s1. The van der Waals surface area contributed by atoms with Crippen molar-refractivity contribution in [2.45, 2.75) is 12.6 Å². The normalized spacial score (nSPS) is 11.8. The number of primary amides is 1. The van der Waals surface area contributed by atoms with E-state index in [1.54, 1.807) is 30.5 Å². The zero-order valence-electron chi connectivity index (χ0n) is 10.7. The molecule has 0 aliphatic rings. The Labute approximate surface area is 116 Å². The Hall–Kier alpha value is -2.60. The van der Waals surface area contributed by atoms with Gasteiger partial charge in [-0.25, -0.2) is 4.79 Å². The molecule has 1 aromatic carbocycles. The Morgan fingerprint density at radius 3 is 2.50 bits per heavy atom. The Morgan fingerprint density at radius 2 is 1.90 bits per heavy atom. The average molecular weight is 273 g/mol. The van der Waals surface area contributed by atoms with Crippen molar-refractivity contribution in [3.63, 3.8) is 0 Å². The quantitative estimate of drug-likeness (QED) is 0.765. The molecule has 2 aromatic rings. The number of amides is 3. The molecule has 0 spiro atoms. The van der Waals surface area contributed by atoms with Gasteiger partial charge in [-0.3, -0.25) is 15.4 Å². The van der Waals surface area contributed by atoms with Crippen molar-refractivity contribution in [2.75, 3.05) is 0 Å². The van der Waals surface area contributed by atoms with Gasteiger partial charge >= 0.3 is 6.03 Å². The molecule has 0 fully saturated rings. The van der Waals surface area contributed by atoms with Crippen molar-refractivity contribution in [3.05, 3.63) is 60.1 Å². The summed E-state index contributed by atoms with van der Waals surface area (Å²) in [6.45, 7) is 0.360. The molecule has 3 amide bonds. The van der Waals surface area contributed by atoms with E-state index in [1.807, 2.05) is 18.2 Å². The van der Waals surface area contributed by atoms with Crippen LogP contribution in [0.4, 0.5) is 4.79 Å². The van der Waals surface area contributed by atoms with E-state index in [4.69, 9.17) is 10.2 Å². The van der Waals surface area contributed by atoms with Crippen molar-refractivity contribution in [3.8, 4) is 0 Å². The van der Waals surface area contributed by atoms with Gasteiger partial charge in [-0.2, -0.15) is 0 Å². The van der Waals surface area contributed by atoms with E-state index in [9.17, 15) is 9.59 Å². The zero-order valence-corrected chi connectivity index (χ0v) is 10.7. The maximum absolute atomic E-state index is 12.0. The molecule has 1 aromatic heterocycles. The smallest absolute Gasteiger partial charge is 0.318 e. The summed E-state index contributed by atoms with van der Waals surface area (Å²) in [4.78, 5) is 22.8. The minimum Gasteiger partial charge on any atom is -0.468 e. The number of furan rings is 1. The summed E-state index contributed by atoms with van der Waals surface area (Å²) in [5.41, 5.74) is 5.72. The van der Waals surface area contributed by atoms with Crippen molar-refractivity contribution in [1.82, 2.24) is 10.6 Å². The molecule has 0 saturated carbocycles. The molecule has 0 aliphatic heterocycles. The van der Waals surface area contributed by atoms with Crippen LogP contribution in [0.2, 0.25) is 0 Å². The highest BCUT2D eigenvalue weighted by molar-refractivity contribution is 5.96. The number of carbonyl (C=O) groups is 2. The zero-order chi connectivity index (χ0) is 14.4. The SMILES string of the molecule is NC(=O)NC(=O)[C@H](NCc1ccco1)c1ccccc1. The summed E-state index contributed by atoms with van der Waals surface area (Å²) in [5, 5.41) is 5.11. The summed E-state index contributed by atoms with van der Waals surface area (Å²) < 4.78 is 5.19. The summed E-state index contributed by atoms with van der Waals surface area (Å²) >= 11 is 0. The highest BCUT2D eigenvalue weighted by Crippen LogP contribution is 2.14. The molecule has 104 valence electrons. The van der Waals surface area contributed by atoms with Crippen LogP contribution in [-0.2, 0) is 11.3 Å². The second-order valence-corrected chi connectivity index (χ2v) is 4.16. The number of urea groups is 1. The molecule has 20 heavy (non-hydrogen) atoms. The minimum atomic E-state index is -0.879. The highest BCUT2D eigenvalue weighted by atomic mass is 16.3. The molecular formula is C14H15N3O3. The van der Waals surface area contributed by atoms with E-state index in [1.165, 1.54) is 0 Å². The number of hydrogen-bond acceptors (Lipinski definition) is 4. The van der Waals surface area contributed by atoms with Crippen LogP contribution in [0.5, 0.6) is 0 Å². The van der Waals surface area contributed by atoms with Gasteiger partial charge in [0.1, 0.15) is 11.8 Å². The van der Waals surface area contributed by atoms with Gasteiger partial charge in [0.2, 0.25) is 5.91 Å². The van der Waals surface area contributed by atoms with Crippen LogP contribution < -0.4 is 16.4 Å². The summed E-state index contributed by atoms with van der Waals surface area (Å²) in [6, 6.07) is 11.0. The highest BCUT2D eigenvalue weighted by Gasteiger charge is 2.21. The third kappa shape index (κ3) is 3.69. The fraction of sp³-hybridized carbons (Fsp3) is 0.143. The van der Waals surface area contributed by atoms with Gasteiger partial charge in [0, 0.05) is 0 Å². The van der Waals surface area contributed by atoms with Crippen LogP contribution in [0.3, 0.4) is 0 Å². The van der Waals surface area contributed by atoms with Crippen LogP contribution in [0, 0.1) is 0 Å². The number of nitrogens with two attached hydrogens (primary N) is 1. The molecule has 0 bridgehead atoms. The van der Waals surface area contributed by atoms with Gasteiger partial charge in [-0.15, -0.1) is 0 Å². The van der Waals surface area contributed by atoms with Crippen LogP contribution in [0.1, 0.15) is 17.4 Å². The first-order valence-electron chi connectivity index (χ1n) is 6.08. The average Bonchev–Trinajstić information content (AvgIpc) is 2.92. The molecule has 0 aliphatic carbocycles. The summed E-state index contributed by atoms with van der Waals surface area (Å²) in [7, 11) is 0. The van der Waals surface area contributed by atoms with Crippen LogP contribution in [-0.4, -0.2) is 11.9 Å². The van der Waals surface area contributed by atoms with Crippen molar-refractivity contribution < 1.29 is 14.0 Å². The second kappa shape index (κ2) is 6.53. The van der Waals surface area contributed by atoms with E-state index < -0.39 is 18.0 Å². The van der Waals surface area contributed by atoms with Gasteiger partial charge in [-0.1, -0.05) is 30.3 Å². The first-order valence-corrected chi connectivity index (χ1v) is 6.08. The van der Waals surface area contributed by atoms with E-state index in [0.29, 0.717) is 12.3 Å². The van der Waals surface area contributed by atoms with E-state index >= 15 is 0 Å². The lowest BCUT2D eigenvalue weighted by molar-refractivity contribution is -0.122. The lowest BCUT2D eigenvalue weighted by Crippen LogP contribution is -2.42. The number of nitrogens with one attached hydrogen (secondary N) is 2. The van der Waals surface area contributed by atoms with Gasteiger partial charge in [0.15, 0.2) is 0 Å². The molecule has 6 nitrogen and oxygen atoms in total. The monoisotopic (exact) mass is 273 g/mol. The third-order valence-electron chi connectivity index (χ3n) is 2.70. The Kier molecular flexibility index (Phi) is 4.52. The van der Waals surface area contributed by atoms with Crippen molar-refractivity contribution in [1.29, 1.82) is 0 Å². The first kappa shape index (κ1) is 13.8.